The molecule has 8 nitrogen and oxygen atoms in total. The van der Waals surface area contributed by atoms with Gasteiger partial charge in [0.05, 0.1) is 23.9 Å². The van der Waals surface area contributed by atoms with Crippen molar-refractivity contribution >= 4 is 51.5 Å². The molecule has 0 spiro atoms. The van der Waals surface area contributed by atoms with Crippen LogP contribution in [0.1, 0.15) is 45.0 Å². The van der Waals surface area contributed by atoms with E-state index in [2.05, 4.69) is 11.6 Å². The Hall–Kier alpha value is -3.95. The van der Waals surface area contributed by atoms with Crippen molar-refractivity contribution in [2.24, 2.45) is 0 Å². The molecule has 10 heteroatoms. The van der Waals surface area contributed by atoms with Crippen LogP contribution in [0, 0.1) is 13.8 Å². The summed E-state index contributed by atoms with van der Waals surface area (Å²) in [4.78, 5) is 45.1. The zero-order chi connectivity index (χ0) is 27.6. The molecule has 3 aromatic rings. The van der Waals surface area contributed by atoms with E-state index in [0.29, 0.717) is 34.2 Å². The molecule has 38 heavy (non-hydrogen) atoms. The van der Waals surface area contributed by atoms with Crippen molar-refractivity contribution in [1.82, 2.24) is 4.98 Å². The topological polar surface area (TPSA) is 106 Å². The highest BCUT2D eigenvalue weighted by Crippen LogP contribution is 2.44. The third-order valence-electron chi connectivity index (χ3n) is 5.87. The van der Waals surface area contributed by atoms with Crippen LogP contribution in [0.15, 0.2) is 60.7 Å². The highest BCUT2D eigenvalue weighted by Gasteiger charge is 2.48. The normalized spacial score (nSPS) is 16.5. The third-order valence-corrected chi connectivity index (χ3v) is 7.24. The number of aryl methyl sites for hydroxylation is 2. The molecule has 1 N–H and O–H groups in total. The van der Waals surface area contributed by atoms with Gasteiger partial charge in [-0.3, -0.25) is 14.5 Å². The lowest BCUT2D eigenvalue weighted by atomic mass is 9.95. The summed E-state index contributed by atoms with van der Waals surface area (Å²) in [6.45, 7) is 9.31. The molecule has 1 amide bonds. The van der Waals surface area contributed by atoms with Gasteiger partial charge < -0.3 is 14.6 Å². The van der Waals surface area contributed by atoms with Crippen LogP contribution in [0.5, 0.6) is 5.75 Å². The number of ether oxygens (including phenoxy) is 2. The fourth-order valence-corrected chi connectivity index (χ4v) is 5.35. The number of amides is 1. The fourth-order valence-electron chi connectivity index (χ4n) is 4.17. The summed E-state index contributed by atoms with van der Waals surface area (Å²) in [5.74, 6) is -2.10. The maximum Gasteiger partial charge on any atom is 0.350 e. The van der Waals surface area contributed by atoms with Crippen LogP contribution in [0.3, 0.4) is 0 Å². The molecule has 1 saturated heterocycles. The average Bonchev–Trinajstić information content (AvgIpc) is 3.40. The van der Waals surface area contributed by atoms with Gasteiger partial charge in [-0.05, 0) is 62.2 Å². The number of hydrogen-bond donors (Lipinski definition) is 1. The Balaban J connectivity index is 1.88. The van der Waals surface area contributed by atoms with E-state index in [9.17, 15) is 19.5 Å². The number of esters is 1. The summed E-state index contributed by atoms with van der Waals surface area (Å²) in [6, 6.07) is 10.6. The van der Waals surface area contributed by atoms with E-state index in [1.807, 2.05) is 13.8 Å². The summed E-state index contributed by atoms with van der Waals surface area (Å²) in [7, 11) is 0. The summed E-state index contributed by atoms with van der Waals surface area (Å²) in [5, 5.41) is 11.9. The van der Waals surface area contributed by atoms with Gasteiger partial charge in [-0.15, -0.1) is 0 Å². The number of aromatic nitrogens is 1. The second kappa shape index (κ2) is 11.2. The minimum absolute atomic E-state index is 0.0139. The number of Topliss-reactive ketones (excluding diaryl/α,β-unsaturated/α-hetero) is 1. The molecule has 1 fully saturated rings. The lowest BCUT2D eigenvalue weighted by Crippen LogP contribution is -2.29. The predicted octanol–water partition coefficient (Wildman–Crippen LogP) is 5.78. The fraction of sp³-hybridized carbons (Fsp3) is 0.214. The Morgan fingerprint density at radius 3 is 2.66 bits per heavy atom. The maximum absolute atomic E-state index is 13.4. The number of anilines is 1. The van der Waals surface area contributed by atoms with Crippen molar-refractivity contribution in [2.45, 2.75) is 26.8 Å². The number of benzene rings is 2. The molecule has 0 unspecified atom stereocenters. The smallest absolute Gasteiger partial charge is 0.350 e. The zero-order valence-corrected chi connectivity index (χ0v) is 22.6. The van der Waals surface area contributed by atoms with Gasteiger partial charge in [0.25, 0.3) is 5.78 Å². The van der Waals surface area contributed by atoms with E-state index in [4.69, 9.17) is 21.1 Å². The van der Waals surface area contributed by atoms with E-state index in [0.717, 1.165) is 16.9 Å². The summed E-state index contributed by atoms with van der Waals surface area (Å²) in [5.41, 5.74) is 1.81. The molecule has 0 aliphatic carbocycles. The van der Waals surface area contributed by atoms with E-state index in [-0.39, 0.29) is 27.9 Å². The zero-order valence-electron chi connectivity index (χ0n) is 21.0. The van der Waals surface area contributed by atoms with Crippen molar-refractivity contribution in [2.75, 3.05) is 18.1 Å². The molecular weight excluding hydrogens is 528 g/mol. The van der Waals surface area contributed by atoms with Crippen LogP contribution in [0.25, 0.3) is 5.76 Å². The molecule has 4 rings (SSSR count). The average molecular weight is 553 g/mol. The van der Waals surface area contributed by atoms with E-state index < -0.39 is 23.7 Å². The number of rotatable bonds is 8. The Labute approximate surface area is 228 Å². The standard InChI is InChI=1S/C28H25ClN2O6S/c1-5-12-37-27(35)25-16(4)30-28(38-25)31-22(17-8-7-9-19(29)14-17)21(24(33)26(31)34)23(32)18-10-11-20(36-6-2)15(3)13-18/h5,7-11,13-14,22,32H,1,6,12H2,2-4H3/t22-/m1/s1. The molecule has 2 aromatic carbocycles. The first-order chi connectivity index (χ1) is 18.2. The summed E-state index contributed by atoms with van der Waals surface area (Å²) >= 11 is 7.18. The first-order valence-corrected chi connectivity index (χ1v) is 12.9. The lowest BCUT2D eigenvalue weighted by molar-refractivity contribution is -0.132. The van der Waals surface area contributed by atoms with Crippen LogP contribution in [0.2, 0.25) is 5.02 Å². The quantitative estimate of drug-likeness (QED) is 0.124. The minimum atomic E-state index is -1.04. The molecule has 0 saturated carbocycles. The number of carbonyl (C=O) groups is 3. The van der Waals surface area contributed by atoms with Crippen molar-refractivity contribution in [3.05, 3.63) is 93.0 Å². The monoisotopic (exact) mass is 552 g/mol. The van der Waals surface area contributed by atoms with Crippen LogP contribution < -0.4 is 9.64 Å². The van der Waals surface area contributed by atoms with Crippen LogP contribution in [-0.2, 0) is 14.3 Å². The maximum atomic E-state index is 13.4. The SMILES string of the molecule is C=CCOC(=O)c1sc(N2C(=O)C(=O)C(=C(O)c3ccc(OCC)c(C)c3)[C@H]2c2cccc(Cl)c2)nc1C. The summed E-state index contributed by atoms with van der Waals surface area (Å²) < 4.78 is 10.7. The number of nitrogens with zero attached hydrogens (tertiary/aromatic N) is 2. The molecule has 0 radical (unpaired) electrons. The molecule has 0 bridgehead atoms. The molecule has 2 heterocycles. The number of thiazole rings is 1. The van der Waals surface area contributed by atoms with Crippen molar-refractivity contribution < 1.29 is 29.0 Å². The number of carbonyl (C=O) groups excluding carboxylic acids is 3. The number of aliphatic hydroxyl groups excluding tert-OH is 1. The van der Waals surface area contributed by atoms with Crippen LogP contribution >= 0.6 is 22.9 Å². The summed E-state index contributed by atoms with van der Waals surface area (Å²) in [6.07, 6.45) is 1.44. The Bertz CT molecular complexity index is 1480. The number of aliphatic hydroxyl groups is 1. The van der Waals surface area contributed by atoms with Gasteiger partial charge in [0.1, 0.15) is 23.0 Å². The molecule has 1 atom stereocenters. The van der Waals surface area contributed by atoms with E-state index in [1.54, 1.807) is 49.4 Å². The van der Waals surface area contributed by atoms with Gasteiger partial charge in [-0.2, -0.15) is 0 Å². The first kappa shape index (κ1) is 27.1. The highest BCUT2D eigenvalue weighted by molar-refractivity contribution is 7.17. The van der Waals surface area contributed by atoms with Crippen molar-refractivity contribution in [1.29, 1.82) is 0 Å². The van der Waals surface area contributed by atoms with Crippen LogP contribution in [-0.4, -0.2) is 41.0 Å². The van der Waals surface area contributed by atoms with Crippen molar-refractivity contribution in [3.8, 4) is 5.75 Å². The van der Waals surface area contributed by atoms with Gasteiger partial charge in [-0.25, -0.2) is 9.78 Å². The second-order valence-corrected chi connectivity index (χ2v) is 9.85. The van der Waals surface area contributed by atoms with Crippen LogP contribution in [0.4, 0.5) is 5.13 Å². The third kappa shape index (κ3) is 5.07. The number of halogens is 1. The molecule has 1 aromatic heterocycles. The van der Waals surface area contributed by atoms with Gasteiger partial charge >= 0.3 is 11.9 Å². The predicted molar refractivity (Wildman–Crippen MR) is 146 cm³/mol. The molecule has 196 valence electrons. The highest BCUT2D eigenvalue weighted by atomic mass is 35.5. The Kier molecular flexibility index (Phi) is 7.99. The minimum Gasteiger partial charge on any atom is -0.507 e. The van der Waals surface area contributed by atoms with Gasteiger partial charge in [0, 0.05) is 10.6 Å². The Morgan fingerprint density at radius 1 is 1.24 bits per heavy atom. The van der Waals surface area contributed by atoms with Gasteiger partial charge in [0.15, 0.2) is 5.13 Å². The van der Waals surface area contributed by atoms with Crippen molar-refractivity contribution in [3.63, 3.8) is 0 Å². The lowest BCUT2D eigenvalue weighted by Gasteiger charge is -2.23. The number of ketones is 1. The molecule has 1 aliphatic rings. The van der Waals surface area contributed by atoms with E-state index in [1.165, 1.54) is 11.0 Å². The first-order valence-electron chi connectivity index (χ1n) is 11.7. The van der Waals surface area contributed by atoms with Gasteiger partial charge in [-0.1, -0.05) is 47.7 Å². The number of hydrogen-bond acceptors (Lipinski definition) is 8. The largest absolute Gasteiger partial charge is 0.507 e. The van der Waals surface area contributed by atoms with E-state index >= 15 is 0 Å². The Morgan fingerprint density at radius 2 is 2.00 bits per heavy atom. The molecular formula is C28H25ClN2O6S. The second-order valence-electron chi connectivity index (χ2n) is 8.44. The molecule has 1 aliphatic heterocycles. The van der Waals surface area contributed by atoms with Gasteiger partial charge in [0.2, 0.25) is 0 Å².